The number of carbonyl (C=O) groups is 1. The van der Waals surface area contributed by atoms with Gasteiger partial charge in [0.25, 0.3) is 0 Å². The van der Waals surface area contributed by atoms with Gasteiger partial charge in [0.15, 0.2) is 0 Å². The number of carbonyl (C=O) groups excluding carboxylic acids is 1. The van der Waals surface area contributed by atoms with Crippen molar-refractivity contribution in [2.45, 2.75) is 32.4 Å². The molecule has 2 aliphatic heterocycles. The van der Waals surface area contributed by atoms with E-state index in [1.807, 2.05) is 6.07 Å². The number of esters is 1. The Labute approximate surface area is 199 Å². The molecule has 34 heavy (non-hydrogen) atoms. The molecular weight excluding hydrogens is 432 g/mol. The maximum atomic E-state index is 11.7. The number of piperazine rings is 1. The number of hydrogen-bond acceptors (Lipinski definition) is 8. The average molecular weight is 463 g/mol. The minimum absolute atomic E-state index is 0.323. The van der Waals surface area contributed by atoms with Crippen LogP contribution in [0.1, 0.15) is 35.0 Å². The van der Waals surface area contributed by atoms with Crippen LogP contribution in [0.5, 0.6) is 11.6 Å². The first-order valence-electron chi connectivity index (χ1n) is 11.8. The standard InChI is InChI=1S/C26H30N4O4/c1-4-17-11-18-13-24-19(12-23(18)28-25(17)32-2)15-29-8-9-30(16-21(29)7-10-34-24)20-5-6-22(27-14-20)26(31)33-3/h5-6,11-14,21H,4,7-10,15-16H2,1-3H3/t21-/m0/s1. The van der Waals surface area contributed by atoms with Crippen LogP contribution in [0.2, 0.25) is 0 Å². The Kier molecular flexibility index (Phi) is 6.24. The fourth-order valence-corrected chi connectivity index (χ4v) is 4.89. The molecule has 0 unspecified atom stereocenters. The van der Waals surface area contributed by atoms with Gasteiger partial charge in [-0.25, -0.2) is 14.8 Å². The van der Waals surface area contributed by atoms with Crippen molar-refractivity contribution in [2.24, 2.45) is 0 Å². The maximum Gasteiger partial charge on any atom is 0.356 e. The Morgan fingerprint density at radius 1 is 1.21 bits per heavy atom. The summed E-state index contributed by atoms with van der Waals surface area (Å²) in [5.41, 5.74) is 4.54. The van der Waals surface area contributed by atoms with Crippen LogP contribution in [-0.4, -0.2) is 67.3 Å². The van der Waals surface area contributed by atoms with E-state index in [9.17, 15) is 4.79 Å². The number of aromatic nitrogens is 2. The van der Waals surface area contributed by atoms with E-state index in [1.165, 1.54) is 7.11 Å². The Bertz CT molecular complexity index is 1200. The highest BCUT2D eigenvalue weighted by Gasteiger charge is 2.30. The van der Waals surface area contributed by atoms with Crippen molar-refractivity contribution >= 4 is 22.6 Å². The molecule has 0 saturated carbocycles. The van der Waals surface area contributed by atoms with Gasteiger partial charge in [-0.1, -0.05) is 6.92 Å². The van der Waals surface area contributed by atoms with Crippen LogP contribution in [0.15, 0.2) is 36.5 Å². The van der Waals surface area contributed by atoms with E-state index < -0.39 is 5.97 Å². The summed E-state index contributed by atoms with van der Waals surface area (Å²) < 4.78 is 16.5. The third-order valence-corrected chi connectivity index (χ3v) is 6.80. The first kappa shape index (κ1) is 22.4. The van der Waals surface area contributed by atoms with Crippen molar-refractivity contribution < 1.29 is 19.0 Å². The largest absolute Gasteiger partial charge is 0.493 e. The van der Waals surface area contributed by atoms with Crippen molar-refractivity contribution in [1.29, 1.82) is 0 Å². The number of rotatable bonds is 4. The number of nitrogens with zero attached hydrogens (tertiary/aromatic N) is 4. The van der Waals surface area contributed by atoms with E-state index in [0.29, 0.717) is 24.2 Å². The quantitative estimate of drug-likeness (QED) is 0.546. The molecule has 0 bridgehead atoms. The second-order valence-electron chi connectivity index (χ2n) is 8.76. The molecule has 3 aromatic rings. The van der Waals surface area contributed by atoms with Crippen LogP contribution in [-0.2, 0) is 17.7 Å². The van der Waals surface area contributed by atoms with Gasteiger partial charge in [0.1, 0.15) is 11.4 Å². The molecule has 1 fully saturated rings. The first-order valence-corrected chi connectivity index (χ1v) is 11.8. The van der Waals surface area contributed by atoms with Crippen LogP contribution in [0.3, 0.4) is 0 Å². The summed E-state index contributed by atoms with van der Waals surface area (Å²) in [4.78, 5) is 25.6. The zero-order valence-electron chi connectivity index (χ0n) is 19.9. The van der Waals surface area contributed by atoms with Crippen molar-refractivity contribution in [3.05, 3.63) is 53.3 Å². The molecule has 1 atom stereocenters. The number of anilines is 1. The van der Waals surface area contributed by atoms with Crippen molar-refractivity contribution in [1.82, 2.24) is 14.9 Å². The summed E-state index contributed by atoms with van der Waals surface area (Å²) in [6.45, 7) is 6.31. The summed E-state index contributed by atoms with van der Waals surface area (Å²) in [6.07, 6.45) is 3.58. The number of benzene rings is 1. The Morgan fingerprint density at radius 3 is 2.82 bits per heavy atom. The lowest BCUT2D eigenvalue weighted by atomic mass is 10.0. The van der Waals surface area contributed by atoms with Crippen LogP contribution in [0.4, 0.5) is 5.69 Å². The molecule has 8 heteroatoms. The molecule has 2 aliphatic rings. The SMILES string of the molecule is CCc1cc2cc3c(cc2nc1OC)CN1CCN(c2ccc(C(=O)OC)nc2)C[C@@H]1CCO3. The first-order chi connectivity index (χ1) is 16.6. The molecule has 0 aliphatic carbocycles. The van der Waals surface area contributed by atoms with Gasteiger partial charge in [0, 0.05) is 48.7 Å². The number of ether oxygens (including phenoxy) is 3. The van der Waals surface area contributed by atoms with Gasteiger partial charge in [-0.15, -0.1) is 0 Å². The normalized spacial score (nSPS) is 18.3. The summed E-state index contributed by atoms with van der Waals surface area (Å²) >= 11 is 0. The minimum Gasteiger partial charge on any atom is -0.493 e. The van der Waals surface area contributed by atoms with E-state index in [4.69, 9.17) is 19.2 Å². The van der Waals surface area contributed by atoms with Crippen LogP contribution in [0, 0.1) is 0 Å². The van der Waals surface area contributed by atoms with E-state index in [0.717, 1.165) is 72.5 Å². The number of aryl methyl sites for hydroxylation is 1. The molecule has 0 N–H and O–H groups in total. The van der Waals surface area contributed by atoms with Gasteiger partial charge in [-0.3, -0.25) is 4.90 Å². The van der Waals surface area contributed by atoms with E-state index in [2.05, 4.69) is 39.9 Å². The second-order valence-corrected chi connectivity index (χ2v) is 8.76. The van der Waals surface area contributed by atoms with Gasteiger partial charge in [-0.2, -0.15) is 0 Å². The molecule has 0 amide bonds. The lowest BCUT2D eigenvalue weighted by molar-refractivity contribution is 0.0594. The van der Waals surface area contributed by atoms with Gasteiger partial charge >= 0.3 is 5.97 Å². The van der Waals surface area contributed by atoms with Crippen LogP contribution < -0.4 is 14.4 Å². The second kappa shape index (κ2) is 9.46. The molecule has 4 heterocycles. The molecular formula is C26H30N4O4. The zero-order chi connectivity index (χ0) is 23.7. The van der Waals surface area contributed by atoms with Gasteiger partial charge in [-0.05, 0) is 43.2 Å². The highest BCUT2D eigenvalue weighted by atomic mass is 16.5. The number of methoxy groups -OCH3 is 2. The average Bonchev–Trinajstić information content (AvgIpc) is 2.87. The third kappa shape index (κ3) is 4.25. The van der Waals surface area contributed by atoms with Gasteiger partial charge in [0.2, 0.25) is 5.88 Å². The smallest absolute Gasteiger partial charge is 0.356 e. The monoisotopic (exact) mass is 462 g/mol. The predicted octanol–water partition coefficient (Wildman–Crippen LogP) is 3.46. The molecule has 0 spiro atoms. The lowest BCUT2D eigenvalue weighted by Gasteiger charge is -2.43. The highest BCUT2D eigenvalue weighted by Crippen LogP contribution is 2.33. The molecule has 5 rings (SSSR count). The Balaban J connectivity index is 1.36. The lowest BCUT2D eigenvalue weighted by Crippen LogP contribution is -2.53. The summed E-state index contributed by atoms with van der Waals surface area (Å²) in [6, 6.07) is 10.5. The van der Waals surface area contributed by atoms with Crippen molar-refractivity contribution in [3.63, 3.8) is 0 Å². The Hall–Kier alpha value is -3.39. The zero-order valence-corrected chi connectivity index (χ0v) is 19.9. The highest BCUT2D eigenvalue weighted by molar-refractivity contribution is 5.87. The Morgan fingerprint density at radius 2 is 2.09 bits per heavy atom. The molecule has 2 aromatic heterocycles. The van der Waals surface area contributed by atoms with Crippen molar-refractivity contribution in [2.75, 3.05) is 45.4 Å². The summed E-state index contributed by atoms with van der Waals surface area (Å²) in [7, 11) is 3.04. The number of pyridine rings is 2. The molecule has 178 valence electrons. The van der Waals surface area contributed by atoms with Gasteiger partial charge in [0.05, 0.1) is 38.2 Å². The topological polar surface area (TPSA) is 77.0 Å². The molecule has 1 aromatic carbocycles. The fourth-order valence-electron chi connectivity index (χ4n) is 4.89. The van der Waals surface area contributed by atoms with E-state index >= 15 is 0 Å². The van der Waals surface area contributed by atoms with Crippen molar-refractivity contribution in [3.8, 4) is 11.6 Å². The van der Waals surface area contributed by atoms with Crippen LogP contribution in [0.25, 0.3) is 10.9 Å². The fraction of sp³-hybridized carbons (Fsp3) is 0.423. The number of hydrogen-bond donors (Lipinski definition) is 0. The molecule has 0 radical (unpaired) electrons. The maximum absolute atomic E-state index is 11.7. The van der Waals surface area contributed by atoms with Gasteiger partial charge < -0.3 is 19.1 Å². The van der Waals surface area contributed by atoms with E-state index in [1.54, 1.807) is 19.4 Å². The van der Waals surface area contributed by atoms with Crippen LogP contribution >= 0.6 is 0 Å². The summed E-state index contributed by atoms with van der Waals surface area (Å²) in [5.74, 6) is 1.22. The predicted molar refractivity (Wildman–Crippen MR) is 130 cm³/mol. The summed E-state index contributed by atoms with van der Waals surface area (Å²) in [5, 5.41) is 1.08. The molecule has 1 saturated heterocycles. The number of fused-ring (bicyclic) bond motifs is 3. The molecule has 8 nitrogen and oxygen atoms in total. The van der Waals surface area contributed by atoms with E-state index in [-0.39, 0.29) is 0 Å². The third-order valence-electron chi connectivity index (χ3n) is 6.80. The minimum atomic E-state index is -0.419.